The molecule has 28 heavy (non-hydrogen) atoms. The molecule has 0 bridgehead atoms. The van der Waals surface area contributed by atoms with Crippen molar-refractivity contribution in [1.82, 2.24) is 19.7 Å². The third-order valence-corrected chi connectivity index (χ3v) is 5.09. The minimum absolute atomic E-state index is 0.132. The molecule has 1 aliphatic heterocycles. The van der Waals surface area contributed by atoms with Crippen molar-refractivity contribution in [3.8, 4) is 11.3 Å². The van der Waals surface area contributed by atoms with Gasteiger partial charge in [0.2, 0.25) is 5.91 Å². The van der Waals surface area contributed by atoms with Gasteiger partial charge in [0.05, 0.1) is 5.69 Å². The molecule has 6 heteroatoms. The molecule has 0 spiro atoms. The van der Waals surface area contributed by atoms with E-state index >= 15 is 0 Å². The normalized spacial score (nSPS) is 13.2. The summed E-state index contributed by atoms with van der Waals surface area (Å²) in [6.07, 6.45) is 5.29. The fourth-order valence-corrected chi connectivity index (χ4v) is 3.53. The summed E-state index contributed by atoms with van der Waals surface area (Å²) in [6.45, 7) is 1.85. The van der Waals surface area contributed by atoms with E-state index in [1.165, 1.54) is 21.9 Å². The number of hydrogen-bond acceptors (Lipinski definition) is 4. The first-order valence-electron chi connectivity index (χ1n) is 9.54. The fourth-order valence-electron chi connectivity index (χ4n) is 3.53. The zero-order chi connectivity index (χ0) is 19.3. The first-order valence-corrected chi connectivity index (χ1v) is 9.54. The van der Waals surface area contributed by atoms with Crippen LogP contribution in [-0.4, -0.2) is 32.1 Å². The number of carbonyl (C=O) groups excluding carboxylic acids is 1. The second-order valence-electron chi connectivity index (χ2n) is 6.95. The van der Waals surface area contributed by atoms with Gasteiger partial charge in [-0.1, -0.05) is 24.3 Å². The van der Waals surface area contributed by atoms with Gasteiger partial charge in [-0.25, -0.2) is 4.68 Å². The zero-order valence-electron chi connectivity index (χ0n) is 15.6. The predicted octanol–water partition coefficient (Wildman–Crippen LogP) is 2.67. The number of pyridine rings is 1. The van der Waals surface area contributed by atoms with E-state index in [1.807, 2.05) is 29.2 Å². The van der Waals surface area contributed by atoms with E-state index in [0.717, 1.165) is 24.2 Å². The number of rotatable bonds is 5. The Labute approximate surface area is 163 Å². The van der Waals surface area contributed by atoms with E-state index < -0.39 is 0 Å². The third kappa shape index (κ3) is 4.01. The second kappa shape index (κ2) is 8.17. The topological polar surface area (TPSA) is 68.1 Å². The quantitative estimate of drug-likeness (QED) is 0.689. The summed E-state index contributed by atoms with van der Waals surface area (Å²) in [4.78, 5) is 30.6. The predicted molar refractivity (Wildman–Crippen MR) is 107 cm³/mol. The molecule has 1 aromatic carbocycles. The van der Waals surface area contributed by atoms with Crippen LogP contribution in [0.1, 0.15) is 24.0 Å². The van der Waals surface area contributed by atoms with Crippen LogP contribution < -0.4 is 5.56 Å². The van der Waals surface area contributed by atoms with Crippen LogP contribution in [0.3, 0.4) is 0 Å². The van der Waals surface area contributed by atoms with E-state index in [0.29, 0.717) is 25.9 Å². The van der Waals surface area contributed by atoms with Gasteiger partial charge in [0.25, 0.3) is 5.56 Å². The molecule has 0 unspecified atom stereocenters. The summed E-state index contributed by atoms with van der Waals surface area (Å²) < 4.78 is 1.44. The SMILES string of the molecule is O=C(CCCn1nc(-c2ccncc2)ccc1=O)N1CCc2ccccc2C1. The molecular formula is C22H22N4O2. The smallest absolute Gasteiger partial charge is 0.266 e. The summed E-state index contributed by atoms with van der Waals surface area (Å²) in [5.41, 5.74) is 4.03. The summed E-state index contributed by atoms with van der Waals surface area (Å²) in [7, 11) is 0. The van der Waals surface area contributed by atoms with Crippen LogP contribution in [0.2, 0.25) is 0 Å². The van der Waals surface area contributed by atoms with E-state index in [1.54, 1.807) is 18.5 Å². The van der Waals surface area contributed by atoms with Gasteiger partial charge in [-0.05, 0) is 42.2 Å². The van der Waals surface area contributed by atoms with Crippen molar-refractivity contribution < 1.29 is 4.79 Å². The highest BCUT2D eigenvalue weighted by atomic mass is 16.2. The molecule has 2 aromatic heterocycles. The number of amides is 1. The number of aryl methyl sites for hydroxylation is 1. The van der Waals surface area contributed by atoms with Gasteiger partial charge < -0.3 is 4.90 Å². The van der Waals surface area contributed by atoms with Crippen LogP contribution in [0.25, 0.3) is 11.3 Å². The molecule has 1 aliphatic rings. The maximum absolute atomic E-state index is 12.6. The molecule has 0 fully saturated rings. The van der Waals surface area contributed by atoms with Crippen LogP contribution in [0.5, 0.6) is 0 Å². The Kier molecular flexibility index (Phi) is 5.28. The van der Waals surface area contributed by atoms with E-state index in [4.69, 9.17) is 0 Å². The summed E-state index contributed by atoms with van der Waals surface area (Å²) in [5.74, 6) is 0.132. The van der Waals surface area contributed by atoms with Crippen LogP contribution in [0.15, 0.2) is 65.7 Å². The van der Waals surface area contributed by atoms with Crippen molar-refractivity contribution >= 4 is 5.91 Å². The molecule has 142 valence electrons. The van der Waals surface area contributed by atoms with Crippen molar-refractivity contribution in [1.29, 1.82) is 0 Å². The third-order valence-electron chi connectivity index (χ3n) is 5.09. The molecule has 6 nitrogen and oxygen atoms in total. The maximum atomic E-state index is 12.6. The molecule has 0 atom stereocenters. The van der Waals surface area contributed by atoms with Gasteiger partial charge >= 0.3 is 0 Å². The van der Waals surface area contributed by atoms with Crippen molar-refractivity contribution in [2.75, 3.05) is 6.54 Å². The number of fused-ring (bicyclic) bond motifs is 1. The molecule has 0 radical (unpaired) electrons. The Hall–Kier alpha value is -3.28. The van der Waals surface area contributed by atoms with Crippen LogP contribution in [0.4, 0.5) is 0 Å². The standard InChI is InChI=1S/C22H22N4O2/c27-21(25-15-11-17-4-1-2-5-19(17)16-25)6-3-14-26-22(28)8-7-20(24-26)18-9-12-23-13-10-18/h1-2,4-5,7-10,12-13H,3,6,11,14-16H2. The van der Waals surface area contributed by atoms with Crippen LogP contribution in [0, 0.1) is 0 Å². The minimum Gasteiger partial charge on any atom is -0.338 e. The van der Waals surface area contributed by atoms with Crippen molar-refractivity contribution in [2.24, 2.45) is 0 Å². The van der Waals surface area contributed by atoms with Crippen molar-refractivity contribution in [2.45, 2.75) is 32.4 Å². The fraction of sp³-hybridized carbons (Fsp3) is 0.273. The van der Waals surface area contributed by atoms with Gasteiger partial charge in [0, 0.05) is 50.1 Å². The molecule has 0 saturated carbocycles. The average Bonchev–Trinajstić information content (AvgIpc) is 2.75. The number of hydrogen-bond donors (Lipinski definition) is 0. The lowest BCUT2D eigenvalue weighted by Crippen LogP contribution is -2.36. The van der Waals surface area contributed by atoms with Gasteiger partial charge in [-0.3, -0.25) is 14.6 Å². The second-order valence-corrected chi connectivity index (χ2v) is 6.95. The minimum atomic E-state index is -0.155. The van der Waals surface area contributed by atoms with Crippen molar-refractivity contribution in [3.05, 3.63) is 82.4 Å². The van der Waals surface area contributed by atoms with Crippen LogP contribution in [-0.2, 0) is 24.3 Å². The van der Waals surface area contributed by atoms with Gasteiger partial charge in [-0.2, -0.15) is 5.10 Å². The number of benzene rings is 1. The molecule has 0 N–H and O–H groups in total. The lowest BCUT2D eigenvalue weighted by molar-refractivity contribution is -0.132. The maximum Gasteiger partial charge on any atom is 0.266 e. The highest BCUT2D eigenvalue weighted by molar-refractivity contribution is 5.76. The molecule has 4 rings (SSSR count). The average molecular weight is 374 g/mol. The highest BCUT2D eigenvalue weighted by Crippen LogP contribution is 2.19. The van der Waals surface area contributed by atoms with Crippen molar-refractivity contribution in [3.63, 3.8) is 0 Å². The molecule has 0 saturated heterocycles. The lowest BCUT2D eigenvalue weighted by Gasteiger charge is -2.29. The van der Waals surface area contributed by atoms with Crippen LogP contribution >= 0.6 is 0 Å². The largest absolute Gasteiger partial charge is 0.338 e. The summed E-state index contributed by atoms with van der Waals surface area (Å²) in [5, 5.41) is 4.43. The number of carbonyl (C=O) groups is 1. The number of nitrogens with zero attached hydrogens (tertiary/aromatic N) is 4. The summed E-state index contributed by atoms with van der Waals surface area (Å²) >= 11 is 0. The number of aromatic nitrogens is 3. The Morgan fingerprint density at radius 3 is 2.61 bits per heavy atom. The zero-order valence-corrected chi connectivity index (χ0v) is 15.6. The molecule has 0 aliphatic carbocycles. The molecule has 1 amide bonds. The highest BCUT2D eigenvalue weighted by Gasteiger charge is 2.19. The Balaban J connectivity index is 1.36. The van der Waals surface area contributed by atoms with Gasteiger partial charge in [-0.15, -0.1) is 0 Å². The Morgan fingerprint density at radius 2 is 1.79 bits per heavy atom. The van der Waals surface area contributed by atoms with E-state index in [9.17, 15) is 9.59 Å². The molecule has 3 aromatic rings. The Bertz CT molecular complexity index is 1030. The summed E-state index contributed by atoms with van der Waals surface area (Å²) in [6, 6.07) is 15.2. The molecular weight excluding hydrogens is 352 g/mol. The van der Waals surface area contributed by atoms with E-state index in [2.05, 4.69) is 22.2 Å². The molecule has 3 heterocycles. The van der Waals surface area contributed by atoms with Gasteiger partial charge in [0.15, 0.2) is 0 Å². The first kappa shape index (κ1) is 18.1. The van der Waals surface area contributed by atoms with E-state index in [-0.39, 0.29) is 11.5 Å². The first-order chi connectivity index (χ1) is 13.7. The lowest BCUT2D eigenvalue weighted by atomic mass is 9.99. The Morgan fingerprint density at radius 1 is 1.00 bits per heavy atom. The van der Waals surface area contributed by atoms with Gasteiger partial charge in [0.1, 0.15) is 0 Å². The monoisotopic (exact) mass is 374 g/mol.